The van der Waals surface area contributed by atoms with Gasteiger partial charge in [-0.25, -0.2) is 0 Å². The maximum absolute atomic E-state index is 5.73. The minimum atomic E-state index is 0. The summed E-state index contributed by atoms with van der Waals surface area (Å²) in [5.74, 6) is 1.93. The molecule has 0 heterocycles. The Bertz CT molecular complexity index is 310. The molecular weight excluding hydrogens is 266 g/mol. The molecule has 104 valence electrons. The molecule has 4 heteroatoms. The largest absolute Gasteiger partial charge is 0.493 e. The van der Waals surface area contributed by atoms with Crippen LogP contribution in [0.5, 0.6) is 5.75 Å². The molecule has 0 aliphatic carbocycles. The van der Waals surface area contributed by atoms with Gasteiger partial charge < -0.3 is 10.1 Å². The van der Waals surface area contributed by atoms with Crippen molar-refractivity contribution in [1.82, 2.24) is 5.32 Å². The predicted molar refractivity (Wildman–Crippen MR) is 84.5 cm³/mol. The van der Waals surface area contributed by atoms with Gasteiger partial charge in [-0.1, -0.05) is 18.2 Å². The van der Waals surface area contributed by atoms with Gasteiger partial charge in [0.05, 0.1) is 6.61 Å². The molecular formula is C14H24ClNOS. The summed E-state index contributed by atoms with van der Waals surface area (Å²) in [5, 5.41) is 3.34. The normalized spacial score (nSPS) is 9.89. The van der Waals surface area contributed by atoms with Gasteiger partial charge >= 0.3 is 0 Å². The smallest absolute Gasteiger partial charge is 0.122 e. The van der Waals surface area contributed by atoms with E-state index in [1.165, 1.54) is 18.4 Å². The molecule has 0 bridgehead atoms. The molecule has 0 saturated heterocycles. The topological polar surface area (TPSA) is 21.3 Å². The lowest BCUT2D eigenvalue weighted by molar-refractivity contribution is 0.303. The number of hydrogen-bond donors (Lipinski definition) is 2. The first-order chi connectivity index (χ1) is 8.34. The van der Waals surface area contributed by atoms with Gasteiger partial charge in [-0.05, 0) is 44.4 Å². The second-order valence-corrected chi connectivity index (χ2v) is 4.60. The van der Waals surface area contributed by atoms with Crippen molar-refractivity contribution in [3.05, 3.63) is 29.8 Å². The second kappa shape index (κ2) is 11.7. The van der Waals surface area contributed by atoms with Crippen molar-refractivity contribution in [3.8, 4) is 5.75 Å². The summed E-state index contributed by atoms with van der Waals surface area (Å²) < 4.78 is 5.73. The molecule has 0 aromatic heterocycles. The molecule has 2 nitrogen and oxygen atoms in total. The third kappa shape index (κ3) is 7.85. The first kappa shape index (κ1) is 17.6. The summed E-state index contributed by atoms with van der Waals surface area (Å²) in [6.07, 6.45) is 3.55. The first-order valence-electron chi connectivity index (χ1n) is 6.34. The zero-order valence-corrected chi connectivity index (χ0v) is 12.7. The Balaban J connectivity index is 0.00000289. The number of rotatable bonds is 9. The molecule has 0 unspecified atom stereocenters. The number of benzene rings is 1. The average molecular weight is 290 g/mol. The molecule has 0 aliphatic rings. The summed E-state index contributed by atoms with van der Waals surface area (Å²) in [7, 11) is 0. The molecule has 0 atom stereocenters. The van der Waals surface area contributed by atoms with Crippen LogP contribution in [0.25, 0.3) is 0 Å². The fraction of sp³-hybridized carbons (Fsp3) is 0.571. The van der Waals surface area contributed by atoms with Crippen LogP contribution in [-0.4, -0.2) is 25.4 Å². The predicted octanol–water partition coefficient (Wildman–Crippen LogP) is 3.49. The van der Waals surface area contributed by atoms with Crippen LogP contribution in [0.4, 0.5) is 0 Å². The monoisotopic (exact) mass is 289 g/mol. The Morgan fingerprint density at radius 3 is 2.61 bits per heavy atom. The van der Waals surface area contributed by atoms with E-state index in [1.54, 1.807) is 0 Å². The minimum absolute atomic E-state index is 0. The zero-order chi connectivity index (χ0) is 12.3. The fourth-order valence-electron chi connectivity index (χ4n) is 1.63. The second-order valence-electron chi connectivity index (χ2n) is 4.15. The highest BCUT2D eigenvalue weighted by Crippen LogP contribution is 2.16. The number of nitrogens with one attached hydrogen (secondary N) is 1. The Labute approximate surface area is 122 Å². The summed E-state index contributed by atoms with van der Waals surface area (Å²) in [4.78, 5) is 0. The molecule has 0 amide bonds. The third-order valence-corrected chi connectivity index (χ3v) is 2.86. The average Bonchev–Trinajstić information content (AvgIpc) is 2.35. The molecule has 1 rings (SSSR count). The zero-order valence-electron chi connectivity index (χ0n) is 11.0. The molecule has 0 radical (unpaired) electrons. The van der Waals surface area contributed by atoms with E-state index in [-0.39, 0.29) is 12.4 Å². The van der Waals surface area contributed by atoms with Crippen LogP contribution in [0.3, 0.4) is 0 Å². The van der Waals surface area contributed by atoms with E-state index in [0.29, 0.717) is 0 Å². The van der Waals surface area contributed by atoms with Gasteiger partial charge in [0.15, 0.2) is 0 Å². The van der Waals surface area contributed by atoms with Gasteiger partial charge in [-0.2, -0.15) is 12.6 Å². The number of halogens is 1. The van der Waals surface area contributed by atoms with Crippen LogP contribution in [0.2, 0.25) is 0 Å². The lowest BCUT2D eigenvalue weighted by Crippen LogP contribution is -2.17. The van der Waals surface area contributed by atoms with Crippen LogP contribution in [0.1, 0.15) is 24.8 Å². The lowest BCUT2D eigenvalue weighted by atomic mass is 10.2. The van der Waals surface area contributed by atoms with Crippen molar-refractivity contribution in [2.45, 2.75) is 26.2 Å². The van der Waals surface area contributed by atoms with Crippen LogP contribution in [0.15, 0.2) is 24.3 Å². The Morgan fingerprint density at radius 1 is 1.11 bits per heavy atom. The van der Waals surface area contributed by atoms with E-state index >= 15 is 0 Å². The summed E-state index contributed by atoms with van der Waals surface area (Å²) in [5.41, 5.74) is 1.21. The number of ether oxygens (including phenoxy) is 1. The van der Waals surface area contributed by atoms with E-state index in [9.17, 15) is 0 Å². The van der Waals surface area contributed by atoms with Gasteiger partial charge in [-0.3, -0.25) is 0 Å². The summed E-state index contributed by atoms with van der Waals surface area (Å²) in [6.45, 7) is 4.99. The molecule has 0 spiro atoms. The number of para-hydroxylation sites is 1. The van der Waals surface area contributed by atoms with Crippen molar-refractivity contribution in [3.63, 3.8) is 0 Å². The maximum Gasteiger partial charge on any atom is 0.122 e. The maximum atomic E-state index is 5.73. The Kier molecular flexibility index (Phi) is 11.4. The lowest BCUT2D eigenvalue weighted by Gasteiger charge is -2.08. The molecule has 18 heavy (non-hydrogen) atoms. The quantitative estimate of drug-likeness (QED) is 0.536. The summed E-state index contributed by atoms with van der Waals surface area (Å²) >= 11 is 4.15. The number of hydrogen-bond acceptors (Lipinski definition) is 3. The van der Waals surface area contributed by atoms with Gasteiger partial charge in [-0.15, -0.1) is 12.4 Å². The molecule has 0 aliphatic heterocycles. The standard InChI is InChI=1S/C14H23NOS.ClH/c1-13-7-3-4-8-14(13)16-11-6-2-5-9-15-10-12-17;/h3-4,7-8,15,17H,2,5-6,9-12H2,1H3;1H. The van der Waals surface area contributed by atoms with E-state index in [2.05, 4.69) is 30.9 Å². The van der Waals surface area contributed by atoms with Gasteiger partial charge in [0.2, 0.25) is 0 Å². The molecule has 1 aromatic carbocycles. The van der Waals surface area contributed by atoms with Crippen LogP contribution >= 0.6 is 25.0 Å². The SMILES string of the molecule is Cc1ccccc1OCCCCCNCCS.Cl. The van der Waals surface area contributed by atoms with Gasteiger partial charge in [0, 0.05) is 12.3 Å². The van der Waals surface area contributed by atoms with E-state index < -0.39 is 0 Å². The molecule has 0 saturated carbocycles. The number of aryl methyl sites for hydroxylation is 1. The number of thiol groups is 1. The van der Waals surface area contributed by atoms with Crippen molar-refractivity contribution in [2.75, 3.05) is 25.4 Å². The van der Waals surface area contributed by atoms with Crippen molar-refractivity contribution < 1.29 is 4.74 Å². The van der Waals surface area contributed by atoms with Crippen LogP contribution < -0.4 is 10.1 Å². The molecule has 1 N–H and O–H groups in total. The van der Waals surface area contributed by atoms with Crippen LogP contribution in [0, 0.1) is 6.92 Å². The van der Waals surface area contributed by atoms with Crippen LogP contribution in [-0.2, 0) is 0 Å². The van der Waals surface area contributed by atoms with Crippen molar-refractivity contribution >= 4 is 25.0 Å². The highest BCUT2D eigenvalue weighted by atomic mass is 35.5. The minimum Gasteiger partial charge on any atom is -0.493 e. The fourth-order valence-corrected chi connectivity index (χ4v) is 1.79. The first-order valence-corrected chi connectivity index (χ1v) is 6.98. The van der Waals surface area contributed by atoms with E-state index in [4.69, 9.17) is 4.74 Å². The highest BCUT2D eigenvalue weighted by molar-refractivity contribution is 7.80. The Hall–Kier alpha value is -0.380. The third-order valence-electron chi connectivity index (χ3n) is 2.64. The molecule has 0 fully saturated rings. The van der Waals surface area contributed by atoms with Gasteiger partial charge in [0.1, 0.15) is 5.75 Å². The van der Waals surface area contributed by atoms with Gasteiger partial charge in [0.25, 0.3) is 0 Å². The highest BCUT2D eigenvalue weighted by Gasteiger charge is 1.97. The van der Waals surface area contributed by atoms with Crippen molar-refractivity contribution in [1.29, 1.82) is 0 Å². The Morgan fingerprint density at radius 2 is 1.89 bits per heavy atom. The summed E-state index contributed by atoms with van der Waals surface area (Å²) in [6, 6.07) is 8.17. The molecule has 1 aromatic rings. The van der Waals surface area contributed by atoms with E-state index in [0.717, 1.165) is 37.6 Å². The van der Waals surface area contributed by atoms with E-state index in [1.807, 2.05) is 18.2 Å². The number of unbranched alkanes of at least 4 members (excludes halogenated alkanes) is 2. The van der Waals surface area contributed by atoms with Crippen molar-refractivity contribution in [2.24, 2.45) is 0 Å².